The molecule has 1 aromatic carbocycles. The number of fused-ring (bicyclic) bond motifs is 1. The Labute approximate surface area is 202 Å². The molecular formula is C26H28F2N4O3. The van der Waals surface area contributed by atoms with Crippen LogP contribution in [0.2, 0.25) is 0 Å². The molecule has 1 atom stereocenters. The van der Waals surface area contributed by atoms with Crippen LogP contribution in [0.4, 0.5) is 8.78 Å². The van der Waals surface area contributed by atoms with Crippen LogP contribution in [-0.2, 0) is 17.9 Å². The summed E-state index contributed by atoms with van der Waals surface area (Å²) < 4.78 is 29.5. The molecule has 5 rings (SSSR count). The molecule has 184 valence electrons. The zero-order chi connectivity index (χ0) is 24.7. The lowest BCUT2D eigenvalue weighted by Gasteiger charge is -2.26. The van der Waals surface area contributed by atoms with E-state index in [2.05, 4.69) is 14.8 Å². The fraction of sp³-hybridized carbons (Fsp3) is 0.423. The van der Waals surface area contributed by atoms with Crippen LogP contribution in [0, 0.1) is 11.6 Å². The van der Waals surface area contributed by atoms with Gasteiger partial charge in [0.1, 0.15) is 17.3 Å². The number of benzene rings is 1. The van der Waals surface area contributed by atoms with Crippen molar-refractivity contribution in [2.75, 3.05) is 13.6 Å². The van der Waals surface area contributed by atoms with E-state index in [0.717, 1.165) is 49.2 Å². The normalized spacial score (nSPS) is 18.2. The molecule has 1 amide bonds. The summed E-state index contributed by atoms with van der Waals surface area (Å²) in [6, 6.07) is 5.74. The highest BCUT2D eigenvalue weighted by molar-refractivity contribution is 5.92. The van der Waals surface area contributed by atoms with Gasteiger partial charge in [-0.1, -0.05) is 6.07 Å². The molecular weight excluding hydrogens is 454 g/mol. The Morgan fingerprint density at radius 3 is 2.71 bits per heavy atom. The van der Waals surface area contributed by atoms with E-state index in [4.69, 9.17) is 0 Å². The van der Waals surface area contributed by atoms with Crippen molar-refractivity contribution < 1.29 is 23.5 Å². The number of carbonyl (C=O) groups excluding carboxylic acids is 1. The molecule has 3 heterocycles. The molecule has 7 nitrogen and oxygen atoms in total. The van der Waals surface area contributed by atoms with Crippen molar-refractivity contribution in [3.8, 4) is 0 Å². The van der Waals surface area contributed by atoms with Crippen molar-refractivity contribution in [1.29, 1.82) is 0 Å². The molecule has 0 spiro atoms. The van der Waals surface area contributed by atoms with Gasteiger partial charge in [-0.15, -0.1) is 0 Å². The Kier molecular flexibility index (Phi) is 6.27. The number of carboxylic acids is 1. The topological polar surface area (TPSA) is 78.7 Å². The second-order valence-electron chi connectivity index (χ2n) is 9.66. The third-order valence-corrected chi connectivity index (χ3v) is 7.02. The summed E-state index contributed by atoms with van der Waals surface area (Å²) in [6.07, 6.45) is 8.00. The highest BCUT2D eigenvalue weighted by Gasteiger charge is 2.40. The predicted molar refractivity (Wildman–Crippen MR) is 126 cm³/mol. The lowest BCUT2D eigenvalue weighted by molar-refractivity contribution is -0.129. The van der Waals surface area contributed by atoms with Crippen molar-refractivity contribution in [1.82, 2.24) is 19.4 Å². The number of pyridine rings is 1. The highest BCUT2D eigenvalue weighted by Crippen LogP contribution is 2.35. The molecule has 1 aliphatic heterocycles. The molecule has 9 heteroatoms. The van der Waals surface area contributed by atoms with E-state index in [1.54, 1.807) is 6.07 Å². The van der Waals surface area contributed by atoms with Crippen LogP contribution in [0.25, 0.3) is 10.9 Å². The van der Waals surface area contributed by atoms with Gasteiger partial charge >= 0.3 is 5.97 Å². The summed E-state index contributed by atoms with van der Waals surface area (Å²) in [5, 5.41) is 10.2. The Bertz CT molecular complexity index is 1290. The highest BCUT2D eigenvalue weighted by atomic mass is 19.1. The molecule has 3 aromatic rings. The van der Waals surface area contributed by atoms with Gasteiger partial charge in [-0.2, -0.15) is 0 Å². The lowest BCUT2D eigenvalue weighted by Crippen LogP contribution is -2.37. The Morgan fingerprint density at radius 2 is 2.00 bits per heavy atom. The fourth-order valence-electron chi connectivity index (χ4n) is 5.11. The standard InChI is InChI=1S/C26H28F2N4O3/c1-30(9-8-20-6-7-25(33)32(20)19-4-5-19)13-17-15-31(14-16-2-3-18(27)10-22(16)28)24-12-29-23(26(34)35)11-21(17)24/h2-3,10-12,15,19-20H,4-9,13-14H2,1H3,(H,34,35)/t20-/m1/s1. The number of likely N-dealkylation sites (tertiary alicyclic amines) is 1. The average Bonchev–Trinajstić information content (AvgIpc) is 3.51. The molecule has 2 aromatic heterocycles. The van der Waals surface area contributed by atoms with Gasteiger partial charge < -0.3 is 19.5 Å². The number of hydrogen-bond donors (Lipinski definition) is 1. The van der Waals surface area contributed by atoms with Crippen LogP contribution in [0.15, 0.2) is 36.7 Å². The van der Waals surface area contributed by atoms with Gasteiger partial charge in [-0.25, -0.2) is 18.6 Å². The first-order valence-electron chi connectivity index (χ1n) is 11.9. The van der Waals surface area contributed by atoms with Crippen LogP contribution in [-0.4, -0.2) is 62.0 Å². The Morgan fingerprint density at radius 1 is 1.20 bits per heavy atom. The van der Waals surface area contributed by atoms with Gasteiger partial charge in [0.25, 0.3) is 0 Å². The van der Waals surface area contributed by atoms with Crippen molar-refractivity contribution in [3.63, 3.8) is 0 Å². The summed E-state index contributed by atoms with van der Waals surface area (Å²) in [5.74, 6) is -2.12. The number of rotatable bonds is 9. The Hall–Kier alpha value is -3.33. The largest absolute Gasteiger partial charge is 0.477 e. The summed E-state index contributed by atoms with van der Waals surface area (Å²) in [4.78, 5) is 32.0. The minimum absolute atomic E-state index is 0.0586. The summed E-state index contributed by atoms with van der Waals surface area (Å²) in [6.45, 7) is 1.51. The van der Waals surface area contributed by atoms with E-state index in [1.807, 2.05) is 17.8 Å². The Balaban J connectivity index is 1.36. The summed E-state index contributed by atoms with van der Waals surface area (Å²) >= 11 is 0. The average molecular weight is 483 g/mol. The quantitative estimate of drug-likeness (QED) is 0.498. The van der Waals surface area contributed by atoms with Gasteiger partial charge in [0.2, 0.25) is 5.91 Å². The van der Waals surface area contributed by atoms with Crippen molar-refractivity contribution in [2.45, 2.75) is 57.3 Å². The maximum Gasteiger partial charge on any atom is 0.354 e. The molecule has 0 bridgehead atoms. The number of aromatic carboxylic acids is 1. The van der Waals surface area contributed by atoms with Crippen molar-refractivity contribution in [2.24, 2.45) is 0 Å². The SMILES string of the molecule is CN(CC[C@H]1CCC(=O)N1C1CC1)Cc1cn(Cc2ccc(F)cc2F)c2cnc(C(=O)O)cc12. The zero-order valence-electron chi connectivity index (χ0n) is 19.6. The van der Waals surface area contributed by atoms with Crippen LogP contribution >= 0.6 is 0 Å². The van der Waals surface area contributed by atoms with Gasteiger partial charge in [0.05, 0.1) is 18.3 Å². The van der Waals surface area contributed by atoms with E-state index in [-0.39, 0.29) is 24.2 Å². The molecule has 1 aliphatic carbocycles. The van der Waals surface area contributed by atoms with Gasteiger partial charge in [-0.05, 0) is 50.4 Å². The number of nitrogens with zero attached hydrogens (tertiary/aromatic N) is 4. The number of aromatic nitrogens is 2. The first kappa shape index (κ1) is 23.4. The predicted octanol–water partition coefficient (Wildman–Crippen LogP) is 4.04. The molecule has 1 saturated heterocycles. The maximum absolute atomic E-state index is 14.3. The van der Waals surface area contributed by atoms with Gasteiger partial charge in [0.15, 0.2) is 0 Å². The van der Waals surface area contributed by atoms with Crippen molar-refractivity contribution in [3.05, 3.63) is 65.1 Å². The van der Waals surface area contributed by atoms with Gasteiger partial charge in [-0.3, -0.25) is 4.79 Å². The number of amides is 1. The lowest BCUT2D eigenvalue weighted by atomic mass is 10.1. The molecule has 1 N–H and O–H groups in total. The molecule has 35 heavy (non-hydrogen) atoms. The van der Waals surface area contributed by atoms with Crippen LogP contribution in [0.3, 0.4) is 0 Å². The van der Waals surface area contributed by atoms with E-state index >= 15 is 0 Å². The van der Waals surface area contributed by atoms with Crippen LogP contribution in [0.1, 0.15) is 53.7 Å². The first-order chi connectivity index (χ1) is 16.8. The van der Waals surface area contributed by atoms with Gasteiger partial charge in [0, 0.05) is 54.8 Å². The monoisotopic (exact) mass is 482 g/mol. The second kappa shape index (κ2) is 9.37. The zero-order valence-corrected chi connectivity index (χ0v) is 19.6. The smallest absolute Gasteiger partial charge is 0.354 e. The maximum atomic E-state index is 14.3. The number of halogens is 2. The molecule has 1 saturated carbocycles. The fourth-order valence-corrected chi connectivity index (χ4v) is 5.11. The minimum atomic E-state index is -1.12. The van der Waals surface area contributed by atoms with E-state index < -0.39 is 17.6 Å². The third-order valence-electron chi connectivity index (χ3n) is 7.02. The van der Waals surface area contributed by atoms with Crippen molar-refractivity contribution >= 4 is 22.8 Å². The minimum Gasteiger partial charge on any atom is -0.477 e. The number of carbonyl (C=O) groups is 2. The molecule has 2 fully saturated rings. The van der Waals surface area contributed by atoms with E-state index in [1.165, 1.54) is 18.3 Å². The molecule has 2 aliphatic rings. The summed E-state index contributed by atoms with van der Waals surface area (Å²) in [5.41, 5.74) is 1.85. The number of carboxylic acid groups (broad SMARTS) is 1. The number of hydrogen-bond acceptors (Lipinski definition) is 4. The molecule has 0 unspecified atom stereocenters. The van der Waals surface area contributed by atoms with Crippen LogP contribution in [0.5, 0.6) is 0 Å². The summed E-state index contributed by atoms with van der Waals surface area (Å²) in [7, 11) is 2.00. The van der Waals surface area contributed by atoms with Crippen LogP contribution < -0.4 is 0 Å². The first-order valence-corrected chi connectivity index (χ1v) is 11.9. The second-order valence-corrected chi connectivity index (χ2v) is 9.66. The molecule has 0 radical (unpaired) electrons. The third kappa shape index (κ3) is 4.91. The van der Waals surface area contributed by atoms with E-state index in [0.29, 0.717) is 30.1 Å². The van der Waals surface area contributed by atoms with E-state index in [9.17, 15) is 23.5 Å².